The highest BCUT2D eigenvalue weighted by Gasteiger charge is 2.27. The van der Waals surface area contributed by atoms with Crippen molar-refractivity contribution in [1.29, 1.82) is 0 Å². The molecule has 0 spiro atoms. The maximum atomic E-state index is 10.8. The number of carbonyl (C=O) groups is 1. The Hall–Kier alpha value is -1.07. The van der Waals surface area contributed by atoms with Gasteiger partial charge in [0.15, 0.2) is 0 Å². The largest absolute Gasteiger partial charge is 0.492 e. The Labute approximate surface area is 115 Å². The van der Waals surface area contributed by atoms with E-state index in [1.54, 1.807) is 0 Å². The molecule has 1 N–H and O–H groups in total. The van der Waals surface area contributed by atoms with Gasteiger partial charge in [-0.1, -0.05) is 22.0 Å². The first-order chi connectivity index (χ1) is 8.65. The van der Waals surface area contributed by atoms with Crippen LogP contribution in [0.25, 0.3) is 0 Å². The molecular formula is C13H16BrNO3. The quantitative estimate of drug-likeness (QED) is 0.905. The second kappa shape index (κ2) is 6.20. The third-order valence-electron chi connectivity index (χ3n) is 3.09. The summed E-state index contributed by atoms with van der Waals surface area (Å²) in [5.41, 5.74) is 0. The van der Waals surface area contributed by atoms with Crippen LogP contribution in [0.3, 0.4) is 0 Å². The molecule has 4 nitrogen and oxygen atoms in total. The minimum atomic E-state index is -0.689. The Kier molecular flexibility index (Phi) is 4.60. The molecule has 1 aliphatic rings. The van der Waals surface area contributed by atoms with Gasteiger partial charge in [-0.05, 0) is 31.2 Å². The Morgan fingerprint density at radius 2 is 2.39 bits per heavy atom. The molecular weight excluding hydrogens is 298 g/mol. The number of likely N-dealkylation sites (tertiary alicyclic amines) is 1. The molecule has 0 saturated carbocycles. The zero-order valence-corrected chi connectivity index (χ0v) is 11.6. The van der Waals surface area contributed by atoms with E-state index in [4.69, 9.17) is 9.84 Å². The van der Waals surface area contributed by atoms with Gasteiger partial charge in [0, 0.05) is 17.6 Å². The van der Waals surface area contributed by atoms with Gasteiger partial charge in [-0.2, -0.15) is 0 Å². The summed E-state index contributed by atoms with van der Waals surface area (Å²) in [6, 6.07) is 7.71. The number of benzene rings is 1. The first-order valence-electron chi connectivity index (χ1n) is 5.98. The lowest BCUT2D eigenvalue weighted by Gasteiger charge is -2.15. The number of aliphatic carboxylic acids is 1. The second-order valence-corrected chi connectivity index (χ2v) is 5.35. The van der Waals surface area contributed by atoms with Gasteiger partial charge in [0.05, 0.1) is 5.92 Å². The Balaban J connectivity index is 1.72. The Morgan fingerprint density at radius 3 is 3.06 bits per heavy atom. The zero-order valence-electron chi connectivity index (χ0n) is 10.0. The number of ether oxygens (including phenoxy) is 1. The summed E-state index contributed by atoms with van der Waals surface area (Å²) >= 11 is 3.39. The predicted octanol–water partition coefficient (Wildman–Crippen LogP) is 2.23. The summed E-state index contributed by atoms with van der Waals surface area (Å²) in [6.45, 7) is 2.84. The molecule has 1 atom stereocenters. The lowest BCUT2D eigenvalue weighted by molar-refractivity contribution is -0.141. The highest BCUT2D eigenvalue weighted by Crippen LogP contribution is 2.19. The third-order valence-corrected chi connectivity index (χ3v) is 3.59. The van der Waals surface area contributed by atoms with Crippen LogP contribution in [0, 0.1) is 5.92 Å². The fourth-order valence-corrected chi connectivity index (χ4v) is 2.46. The third kappa shape index (κ3) is 3.71. The van der Waals surface area contributed by atoms with E-state index < -0.39 is 5.97 Å². The van der Waals surface area contributed by atoms with Crippen molar-refractivity contribution in [2.45, 2.75) is 6.42 Å². The summed E-state index contributed by atoms with van der Waals surface area (Å²) in [7, 11) is 0. The molecule has 98 valence electrons. The zero-order chi connectivity index (χ0) is 13.0. The summed E-state index contributed by atoms with van der Waals surface area (Å²) in [6.07, 6.45) is 0.742. The monoisotopic (exact) mass is 313 g/mol. The molecule has 1 fully saturated rings. The highest BCUT2D eigenvalue weighted by molar-refractivity contribution is 9.10. The number of hydrogen-bond acceptors (Lipinski definition) is 3. The predicted molar refractivity (Wildman–Crippen MR) is 71.8 cm³/mol. The number of hydrogen-bond donors (Lipinski definition) is 1. The lowest BCUT2D eigenvalue weighted by atomic mass is 10.1. The van der Waals surface area contributed by atoms with Crippen LogP contribution in [-0.2, 0) is 4.79 Å². The van der Waals surface area contributed by atoms with Crippen molar-refractivity contribution >= 4 is 21.9 Å². The minimum Gasteiger partial charge on any atom is -0.492 e. The van der Waals surface area contributed by atoms with Gasteiger partial charge in [-0.25, -0.2) is 0 Å². The van der Waals surface area contributed by atoms with E-state index in [9.17, 15) is 4.79 Å². The van der Waals surface area contributed by atoms with Gasteiger partial charge in [0.2, 0.25) is 0 Å². The van der Waals surface area contributed by atoms with Crippen molar-refractivity contribution in [3.05, 3.63) is 28.7 Å². The van der Waals surface area contributed by atoms with Crippen LogP contribution in [0.15, 0.2) is 28.7 Å². The number of carboxylic acid groups (broad SMARTS) is 1. The van der Waals surface area contributed by atoms with Crippen LogP contribution >= 0.6 is 15.9 Å². The van der Waals surface area contributed by atoms with E-state index in [2.05, 4.69) is 20.8 Å². The fourth-order valence-electron chi connectivity index (χ4n) is 2.09. The molecule has 1 heterocycles. The van der Waals surface area contributed by atoms with E-state index in [1.165, 1.54) is 0 Å². The maximum Gasteiger partial charge on any atom is 0.307 e. The van der Waals surface area contributed by atoms with Crippen molar-refractivity contribution in [2.75, 3.05) is 26.2 Å². The van der Waals surface area contributed by atoms with Gasteiger partial charge in [0.25, 0.3) is 0 Å². The Bertz CT molecular complexity index is 424. The average Bonchev–Trinajstić information content (AvgIpc) is 2.78. The summed E-state index contributed by atoms with van der Waals surface area (Å²) in [5, 5.41) is 8.90. The molecule has 1 aromatic rings. The van der Waals surface area contributed by atoms with Crippen molar-refractivity contribution in [3.63, 3.8) is 0 Å². The number of rotatable bonds is 5. The fraction of sp³-hybridized carbons (Fsp3) is 0.462. The summed E-state index contributed by atoms with van der Waals surface area (Å²) < 4.78 is 6.62. The highest BCUT2D eigenvalue weighted by atomic mass is 79.9. The van der Waals surface area contributed by atoms with E-state index >= 15 is 0 Å². The normalized spacial score (nSPS) is 19.9. The molecule has 1 unspecified atom stereocenters. The van der Waals surface area contributed by atoms with Crippen LogP contribution in [0.5, 0.6) is 5.75 Å². The summed E-state index contributed by atoms with van der Waals surface area (Å²) in [4.78, 5) is 13.0. The van der Waals surface area contributed by atoms with Crippen molar-refractivity contribution in [1.82, 2.24) is 4.90 Å². The Morgan fingerprint density at radius 1 is 1.56 bits per heavy atom. The van der Waals surface area contributed by atoms with Gasteiger partial charge in [-0.15, -0.1) is 0 Å². The van der Waals surface area contributed by atoms with Gasteiger partial charge >= 0.3 is 5.97 Å². The van der Waals surface area contributed by atoms with Crippen LogP contribution in [0.4, 0.5) is 0 Å². The lowest BCUT2D eigenvalue weighted by Crippen LogP contribution is -2.27. The van der Waals surface area contributed by atoms with Crippen LogP contribution in [0.1, 0.15) is 6.42 Å². The van der Waals surface area contributed by atoms with E-state index in [0.29, 0.717) is 13.2 Å². The van der Waals surface area contributed by atoms with E-state index in [1.807, 2.05) is 24.3 Å². The standard InChI is InChI=1S/C13H16BrNO3/c14-11-2-1-3-12(8-11)18-7-6-15-5-4-10(9-15)13(16)17/h1-3,8,10H,4-7,9H2,(H,16,17). The van der Waals surface area contributed by atoms with Gasteiger partial charge in [0.1, 0.15) is 12.4 Å². The molecule has 1 aromatic carbocycles. The first-order valence-corrected chi connectivity index (χ1v) is 6.78. The van der Waals surface area contributed by atoms with Crippen LogP contribution in [-0.4, -0.2) is 42.2 Å². The number of nitrogens with zero attached hydrogens (tertiary/aromatic N) is 1. The number of halogens is 1. The first kappa shape index (κ1) is 13.4. The van der Waals surface area contributed by atoms with Crippen LogP contribution in [0.2, 0.25) is 0 Å². The molecule has 0 amide bonds. The van der Waals surface area contributed by atoms with Crippen molar-refractivity contribution in [3.8, 4) is 5.75 Å². The minimum absolute atomic E-state index is 0.212. The van der Waals surface area contributed by atoms with E-state index in [-0.39, 0.29) is 5.92 Å². The average molecular weight is 314 g/mol. The molecule has 1 saturated heterocycles. The van der Waals surface area contributed by atoms with Crippen molar-refractivity contribution in [2.24, 2.45) is 5.92 Å². The smallest absolute Gasteiger partial charge is 0.307 e. The maximum absolute atomic E-state index is 10.8. The molecule has 0 aromatic heterocycles. The van der Waals surface area contributed by atoms with Crippen molar-refractivity contribution < 1.29 is 14.6 Å². The van der Waals surface area contributed by atoms with Crippen LogP contribution < -0.4 is 4.74 Å². The van der Waals surface area contributed by atoms with Gasteiger partial charge < -0.3 is 9.84 Å². The topological polar surface area (TPSA) is 49.8 Å². The number of carboxylic acids is 1. The second-order valence-electron chi connectivity index (χ2n) is 4.43. The van der Waals surface area contributed by atoms with Gasteiger partial charge in [-0.3, -0.25) is 9.69 Å². The van der Waals surface area contributed by atoms with E-state index in [0.717, 1.165) is 29.7 Å². The molecule has 0 bridgehead atoms. The molecule has 0 radical (unpaired) electrons. The molecule has 1 aliphatic heterocycles. The molecule has 18 heavy (non-hydrogen) atoms. The summed E-state index contributed by atoms with van der Waals surface area (Å²) in [5.74, 6) is -0.0698. The molecule has 5 heteroatoms. The molecule has 0 aliphatic carbocycles. The SMILES string of the molecule is O=C(O)C1CCN(CCOc2cccc(Br)c2)C1. The molecule has 2 rings (SSSR count).